The number of ether oxygens (including phenoxy) is 3. The van der Waals surface area contributed by atoms with E-state index in [1.165, 1.54) is 0 Å². The molecular formula is C24H31NO7S. The number of hydrogen-bond acceptors (Lipinski definition) is 7. The minimum Gasteiger partial charge on any atom is -0.445 e. The monoisotopic (exact) mass is 477 g/mol. The molecule has 0 saturated carbocycles. The number of hydrogen-bond donors (Lipinski definition) is 0. The number of carbonyl (C=O) groups is 1. The van der Waals surface area contributed by atoms with Gasteiger partial charge in [0.2, 0.25) is 0 Å². The normalized spacial score (nSPS) is 14.8. The van der Waals surface area contributed by atoms with Crippen molar-refractivity contribution < 1.29 is 31.6 Å². The highest BCUT2D eigenvalue weighted by Crippen LogP contribution is 2.15. The lowest BCUT2D eigenvalue weighted by Gasteiger charge is -2.31. The first kappa shape index (κ1) is 25.2. The molecule has 0 N–H and O–H groups in total. The first-order chi connectivity index (χ1) is 16.0. The molecule has 1 aliphatic rings. The molecule has 1 fully saturated rings. The molecule has 1 saturated heterocycles. The van der Waals surface area contributed by atoms with Crippen LogP contribution in [0.1, 0.15) is 24.0 Å². The highest BCUT2D eigenvalue weighted by molar-refractivity contribution is 7.85. The molecule has 9 heteroatoms. The van der Waals surface area contributed by atoms with Crippen molar-refractivity contribution in [1.29, 1.82) is 0 Å². The van der Waals surface area contributed by atoms with Crippen molar-refractivity contribution in [2.45, 2.75) is 31.3 Å². The van der Waals surface area contributed by atoms with Crippen molar-refractivity contribution in [2.24, 2.45) is 0 Å². The van der Waals surface area contributed by atoms with E-state index in [0.29, 0.717) is 31.9 Å². The van der Waals surface area contributed by atoms with Crippen molar-refractivity contribution >= 4 is 16.2 Å². The van der Waals surface area contributed by atoms with Crippen molar-refractivity contribution in [2.75, 3.05) is 39.5 Å². The third kappa shape index (κ3) is 9.51. The van der Waals surface area contributed by atoms with E-state index in [1.807, 2.05) is 36.4 Å². The van der Waals surface area contributed by atoms with E-state index in [4.69, 9.17) is 18.4 Å². The van der Waals surface area contributed by atoms with E-state index < -0.39 is 10.1 Å². The van der Waals surface area contributed by atoms with E-state index in [9.17, 15) is 13.2 Å². The molecule has 8 nitrogen and oxygen atoms in total. The van der Waals surface area contributed by atoms with Crippen molar-refractivity contribution in [3.63, 3.8) is 0 Å². The van der Waals surface area contributed by atoms with Gasteiger partial charge in [-0.25, -0.2) is 4.79 Å². The molecule has 0 aliphatic carbocycles. The molecule has 0 unspecified atom stereocenters. The predicted molar refractivity (Wildman–Crippen MR) is 123 cm³/mol. The fourth-order valence-corrected chi connectivity index (χ4v) is 4.44. The number of carbonyl (C=O) groups excluding carboxylic acids is 1. The van der Waals surface area contributed by atoms with Crippen LogP contribution in [0.25, 0.3) is 0 Å². The lowest BCUT2D eigenvalue weighted by molar-refractivity contribution is -0.0251. The Kier molecular flexibility index (Phi) is 10.1. The molecule has 0 spiro atoms. The van der Waals surface area contributed by atoms with Crippen LogP contribution in [0, 0.1) is 0 Å². The summed E-state index contributed by atoms with van der Waals surface area (Å²) in [6.45, 7) is 2.34. The zero-order valence-electron chi connectivity index (χ0n) is 18.6. The van der Waals surface area contributed by atoms with Gasteiger partial charge < -0.3 is 19.1 Å². The molecule has 3 rings (SSSR count). The minimum absolute atomic E-state index is 0.0291. The Labute approximate surface area is 195 Å². The maximum Gasteiger partial charge on any atom is 0.410 e. The lowest BCUT2D eigenvalue weighted by atomic mass is 10.1. The summed E-state index contributed by atoms with van der Waals surface area (Å²) in [5, 5.41) is 0. The molecule has 0 aromatic heterocycles. The molecule has 1 amide bonds. The summed E-state index contributed by atoms with van der Waals surface area (Å²) in [5.41, 5.74) is 1.64. The maximum atomic E-state index is 12.2. The Morgan fingerprint density at radius 1 is 0.848 bits per heavy atom. The second kappa shape index (κ2) is 13.3. The summed E-state index contributed by atoms with van der Waals surface area (Å²) in [5.74, 6) is -0.157. The highest BCUT2D eigenvalue weighted by Gasteiger charge is 2.24. The zero-order valence-corrected chi connectivity index (χ0v) is 19.5. The first-order valence-electron chi connectivity index (χ1n) is 11.1. The Balaban J connectivity index is 1.20. The molecule has 33 heavy (non-hydrogen) atoms. The molecule has 1 aliphatic heterocycles. The van der Waals surface area contributed by atoms with E-state index in [2.05, 4.69) is 0 Å². The highest BCUT2D eigenvalue weighted by atomic mass is 32.2. The summed E-state index contributed by atoms with van der Waals surface area (Å²) in [7, 11) is -3.63. The Morgan fingerprint density at radius 2 is 1.45 bits per heavy atom. The SMILES string of the molecule is O=C(OCc1ccccc1)N1CCC(OCCOCCOS(=O)(=O)Cc2ccccc2)CC1. The fourth-order valence-electron chi connectivity index (χ4n) is 3.43. The Hall–Kier alpha value is -2.46. The summed E-state index contributed by atoms with van der Waals surface area (Å²) in [6.07, 6.45) is 1.24. The second-order valence-electron chi connectivity index (χ2n) is 7.72. The molecule has 2 aromatic rings. The average Bonchev–Trinajstić information content (AvgIpc) is 2.83. The number of rotatable bonds is 12. The smallest absolute Gasteiger partial charge is 0.410 e. The zero-order chi connectivity index (χ0) is 23.4. The van der Waals surface area contributed by atoms with Gasteiger partial charge in [-0.05, 0) is 24.0 Å². The van der Waals surface area contributed by atoms with E-state index >= 15 is 0 Å². The molecule has 0 atom stereocenters. The largest absolute Gasteiger partial charge is 0.445 e. The van der Waals surface area contributed by atoms with Gasteiger partial charge in [0.25, 0.3) is 10.1 Å². The van der Waals surface area contributed by atoms with Crippen LogP contribution in [0.5, 0.6) is 0 Å². The number of nitrogens with zero attached hydrogens (tertiary/aromatic N) is 1. The van der Waals surface area contributed by atoms with Crippen LogP contribution in [0.3, 0.4) is 0 Å². The van der Waals surface area contributed by atoms with Crippen LogP contribution >= 0.6 is 0 Å². The molecular weight excluding hydrogens is 446 g/mol. The second-order valence-corrected chi connectivity index (χ2v) is 9.36. The van der Waals surface area contributed by atoms with Gasteiger partial charge in [0, 0.05) is 13.1 Å². The standard InChI is InChI=1S/C24H31NO7S/c26-24(31-19-21-7-3-1-4-8-21)25-13-11-23(12-14-25)30-17-15-29-16-18-32-33(27,28)20-22-9-5-2-6-10-22/h1-10,23H,11-20H2. The van der Waals surface area contributed by atoms with Crippen molar-refractivity contribution in [1.82, 2.24) is 4.90 Å². The number of piperidine rings is 1. The number of benzene rings is 2. The van der Waals surface area contributed by atoms with Gasteiger partial charge in [0.1, 0.15) is 12.4 Å². The Morgan fingerprint density at radius 3 is 2.12 bits per heavy atom. The van der Waals surface area contributed by atoms with E-state index in [-0.39, 0.29) is 37.8 Å². The summed E-state index contributed by atoms with van der Waals surface area (Å²) >= 11 is 0. The fraction of sp³-hybridized carbons (Fsp3) is 0.458. The van der Waals surface area contributed by atoms with E-state index in [1.54, 1.807) is 29.2 Å². The van der Waals surface area contributed by atoms with Crippen LogP contribution in [0.15, 0.2) is 60.7 Å². The van der Waals surface area contributed by atoms with Crippen molar-refractivity contribution in [3.05, 3.63) is 71.8 Å². The van der Waals surface area contributed by atoms with Gasteiger partial charge in [-0.1, -0.05) is 60.7 Å². The first-order valence-corrected chi connectivity index (χ1v) is 12.7. The van der Waals surface area contributed by atoms with Gasteiger partial charge in [-0.3, -0.25) is 4.18 Å². The van der Waals surface area contributed by atoms with Gasteiger partial charge in [-0.2, -0.15) is 8.42 Å². The molecule has 2 aromatic carbocycles. The van der Waals surface area contributed by atoms with Crippen LogP contribution < -0.4 is 0 Å². The van der Waals surface area contributed by atoms with Crippen LogP contribution in [-0.2, 0) is 40.9 Å². The van der Waals surface area contributed by atoms with E-state index in [0.717, 1.165) is 18.4 Å². The third-order valence-electron chi connectivity index (χ3n) is 5.16. The van der Waals surface area contributed by atoms with Crippen molar-refractivity contribution in [3.8, 4) is 0 Å². The predicted octanol–water partition coefficient (Wildman–Crippen LogP) is 3.37. The number of amides is 1. The number of likely N-dealkylation sites (tertiary alicyclic amines) is 1. The van der Waals surface area contributed by atoms with Gasteiger partial charge in [0.05, 0.1) is 32.5 Å². The summed E-state index contributed by atoms with van der Waals surface area (Å²) < 4.78 is 45.4. The Bertz CT molecular complexity index is 930. The van der Waals surface area contributed by atoms with Gasteiger partial charge in [-0.15, -0.1) is 0 Å². The van der Waals surface area contributed by atoms with Gasteiger partial charge in [0.15, 0.2) is 0 Å². The quantitative estimate of drug-likeness (QED) is 0.342. The molecule has 0 bridgehead atoms. The molecule has 1 heterocycles. The lowest BCUT2D eigenvalue weighted by Crippen LogP contribution is -2.41. The molecule has 0 radical (unpaired) electrons. The average molecular weight is 478 g/mol. The van der Waals surface area contributed by atoms with Crippen LogP contribution in [0.4, 0.5) is 4.79 Å². The summed E-state index contributed by atoms with van der Waals surface area (Å²) in [6, 6.07) is 18.5. The summed E-state index contributed by atoms with van der Waals surface area (Å²) in [4.78, 5) is 13.9. The molecule has 180 valence electrons. The minimum atomic E-state index is -3.63. The van der Waals surface area contributed by atoms with Crippen LogP contribution in [-0.4, -0.2) is 65.0 Å². The third-order valence-corrected chi connectivity index (χ3v) is 6.38. The maximum absolute atomic E-state index is 12.2. The van der Waals surface area contributed by atoms with Crippen LogP contribution in [0.2, 0.25) is 0 Å². The van der Waals surface area contributed by atoms with Gasteiger partial charge >= 0.3 is 6.09 Å². The topological polar surface area (TPSA) is 91.4 Å².